The maximum atomic E-state index is 5.49. The van der Waals surface area contributed by atoms with E-state index in [1.165, 1.54) is 6.33 Å². The fourth-order valence-electron chi connectivity index (χ4n) is 1.69. The zero-order valence-corrected chi connectivity index (χ0v) is 11.0. The molecule has 1 aliphatic heterocycles. The van der Waals surface area contributed by atoms with Crippen LogP contribution in [0, 0.1) is 0 Å². The summed E-state index contributed by atoms with van der Waals surface area (Å²) < 4.78 is 10.5. The average molecular weight is 268 g/mol. The summed E-state index contributed by atoms with van der Waals surface area (Å²) in [5, 5.41) is 6.60. The summed E-state index contributed by atoms with van der Waals surface area (Å²) in [7, 11) is 1.56. The van der Waals surface area contributed by atoms with E-state index in [0.29, 0.717) is 23.4 Å². The maximum absolute atomic E-state index is 5.49. The fourth-order valence-corrected chi connectivity index (χ4v) is 1.88. The lowest BCUT2D eigenvalue weighted by Crippen LogP contribution is -2.35. The SMILES string of the molecule is COc1cc(NC(=S)NC[C@@H]2CCCO2)ncn1. The molecule has 1 fully saturated rings. The van der Waals surface area contributed by atoms with Crippen LogP contribution in [0.5, 0.6) is 5.88 Å². The number of rotatable bonds is 4. The number of anilines is 1. The number of hydrogen-bond acceptors (Lipinski definition) is 5. The molecule has 0 unspecified atom stereocenters. The first-order valence-corrected chi connectivity index (χ1v) is 6.21. The van der Waals surface area contributed by atoms with Crippen molar-refractivity contribution in [2.45, 2.75) is 18.9 Å². The van der Waals surface area contributed by atoms with E-state index in [1.54, 1.807) is 13.2 Å². The zero-order chi connectivity index (χ0) is 12.8. The van der Waals surface area contributed by atoms with Crippen LogP contribution in [0.2, 0.25) is 0 Å². The van der Waals surface area contributed by atoms with Crippen LogP contribution in [0.15, 0.2) is 12.4 Å². The summed E-state index contributed by atoms with van der Waals surface area (Å²) in [6, 6.07) is 1.68. The predicted molar refractivity (Wildman–Crippen MR) is 71.8 cm³/mol. The van der Waals surface area contributed by atoms with Crippen molar-refractivity contribution in [3.8, 4) is 5.88 Å². The topological polar surface area (TPSA) is 68.3 Å². The molecule has 0 aromatic carbocycles. The molecular weight excluding hydrogens is 252 g/mol. The third-order valence-electron chi connectivity index (χ3n) is 2.61. The van der Waals surface area contributed by atoms with Crippen LogP contribution in [-0.2, 0) is 4.74 Å². The van der Waals surface area contributed by atoms with Crippen LogP contribution in [0.3, 0.4) is 0 Å². The molecule has 0 amide bonds. The predicted octanol–water partition coefficient (Wildman–Crippen LogP) is 0.951. The van der Waals surface area contributed by atoms with Gasteiger partial charge in [-0.05, 0) is 25.1 Å². The molecule has 1 aromatic rings. The number of nitrogens with zero attached hydrogens (tertiary/aromatic N) is 2. The standard InChI is InChI=1S/C11H16N4O2S/c1-16-10-5-9(13-7-14-10)15-11(18)12-6-8-3-2-4-17-8/h5,7-8H,2-4,6H2,1H3,(H2,12,13,14,15,18)/t8-/m0/s1. The van der Waals surface area contributed by atoms with Crippen molar-refractivity contribution in [2.75, 3.05) is 25.6 Å². The van der Waals surface area contributed by atoms with Gasteiger partial charge >= 0.3 is 0 Å². The molecule has 1 aliphatic rings. The Hall–Kier alpha value is -1.47. The third kappa shape index (κ3) is 3.78. The van der Waals surface area contributed by atoms with Crippen molar-refractivity contribution in [3.05, 3.63) is 12.4 Å². The summed E-state index contributed by atoms with van der Waals surface area (Å²) in [6.45, 7) is 1.56. The second-order valence-corrected chi connectivity index (χ2v) is 4.32. The van der Waals surface area contributed by atoms with E-state index in [0.717, 1.165) is 19.4 Å². The minimum Gasteiger partial charge on any atom is -0.481 e. The highest BCUT2D eigenvalue weighted by atomic mass is 32.1. The fraction of sp³-hybridized carbons (Fsp3) is 0.545. The Kier molecular flexibility index (Phi) is 4.66. The number of thiocarbonyl (C=S) groups is 1. The van der Waals surface area contributed by atoms with E-state index in [9.17, 15) is 0 Å². The van der Waals surface area contributed by atoms with Crippen LogP contribution in [-0.4, -0.2) is 41.4 Å². The van der Waals surface area contributed by atoms with E-state index in [4.69, 9.17) is 21.7 Å². The molecule has 1 saturated heterocycles. The summed E-state index contributed by atoms with van der Waals surface area (Å²) in [5.41, 5.74) is 0. The molecule has 0 spiro atoms. The van der Waals surface area contributed by atoms with Crippen molar-refractivity contribution in [2.24, 2.45) is 0 Å². The molecule has 18 heavy (non-hydrogen) atoms. The second kappa shape index (κ2) is 6.46. The number of hydrogen-bond donors (Lipinski definition) is 2. The van der Waals surface area contributed by atoms with E-state index in [1.807, 2.05) is 0 Å². The van der Waals surface area contributed by atoms with Gasteiger partial charge in [0.2, 0.25) is 5.88 Å². The molecular formula is C11H16N4O2S. The minimum absolute atomic E-state index is 0.254. The first-order chi connectivity index (χ1) is 8.78. The number of methoxy groups -OCH3 is 1. The molecule has 1 aromatic heterocycles. The zero-order valence-electron chi connectivity index (χ0n) is 10.2. The maximum Gasteiger partial charge on any atom is 0.218 e. The van der Waals surface area contributed by atoms with Gasteiger partial charge in [-0.3, -0.25) is 0 Å². The Morgan fingerprint density at radius 2 is 2.50 bits per heavy atom. The van der Waals surface area contributed by atoms with Crippen molar-refractivity contribution < 1.29 is 9.47 Å². The Balaban J connectivity index is 1.78. The summed E-state index contributed by atoms with van der Waals surface area (Å²) in [4.78, 5) is 7.96. The lowest BCUT2D eigenvalue weighted by Gasteiger charge is -2.13. The van der Waals surface area contributed by atoms with Crippen LogP contribution < -0.4 is 15.4 Å². The van der Waals surface area contributed by atoms with Crippen LogP contribution in [0.1, 0.15) is 12.8 Å². The number of aromatic nitrogens is 2. The van der Waals surface area contributed by atoms with Crippen molar-refractivity contribution in [3.63, 3.8) is 0 Å². The van der Waals surface area contributed by atoms with Crippen molar-refractivity contribution in [1.29, 1.82) is 0 Å². The lowest BCUT2D eigenvalue weighted by molar-refractivity contribution is 0.114. The highest BCUT2D eigenvalue weighted by molar-refractivity contribution is 7.80. The molecule has 6 nitrogen and oxygen atoms in total. The van der Waals surface area contributed by atoms with Crippen molar-refractivity contribution in [1.82, 2.24) is 15.3 Å². The molecule has 0 saturated carbocycles. The van der Waals surface area contributed by atoms with E-state index in [-0.39, 0.29) is 6.10 Å². The molecule has 0 aliphatic carbocycles. The summed E-state index contributed by atoms with van der Waals surface area (Å²) in [6.07, 6.45) is 3.88. The molecule has 0 bridgehead atoms. The molecule has 2 N–H and O–H groups in total. The third-order valence-corrected chi connectivity index (χ3v) is 2.85. The van der Waals surface area contributed by atoms with Gasteiger partial charge in [0.25, 0.3) is 0 Å². The van der Waals surface area contributed by atoms with Crippen LogP contribution in [0.4, 0.5) is 5.82 Å². The van der Waals surface area contributed by atoms with Crippen LogP contribution in [0.25, 0.3) is 0 Å². The second-order valence-electron chi connectivity index (χ2n) is 3.92. The Morgan fingerprint density at radius 3 is 3.22 bits per heavy atom. The van der Waals surface area contributed by atoms with Gasteiger partial charge in [-0.1, -0.05) is 0 Å². The van der Waals surface area contributed by atoms with E-state index in [2.05, 4.69) is 20.6 Å². The lowest BCUT2D eigenvalue weighted by atomic mass is 10.2. The molecule has 2 heterocycles. The Bertz CT molecular complexity index is 410. The molecule has 1 atom stereocenters. The van der Waals surface area contributed by atoms with Crippen LogP contribution >= 0.6 is 12.2 Å². The first kappa shape index (κ1) is 13.0. The molecule has 7 heteroatoms. The smallest absolute Gasteiger partial charge is 0.218 e. The van der Waals surface area contributed by atoms with E-state index < -0.39 is 0 Å². The quantitative estimate of drug-likeness (QED) is 0.788. The van der Waals surface area contributed by atoms with Crippen molar-refractivity contribution >= 4 is 23.1 Å². The number of ether oxygens (including phenoxy) is 2. The normalized spacial score (nSPS) is 18.4. The highest BCUT2D eigenvalue weighted by Crippen LogP contribution is 2.11. The van der Waals surface area contributed by atoms with Gasteiger partial charge in [0, 0.05) is 19.2 Å². The molecule has 2 rings (SSSR count). The summed E-state index contributed by atoms with van der Waals surface area (Å²) in [5.74, 6) is 1.10. The largest absolute Gasteiger partial charge is 0.481 e. The Morgan fingerprint density at radius 1 is 1.61 bits per heavy atom. The highest BCUT2D eigenvalue weighted by Gasteiger charge is 2.15. The van der Waals surface area contributed by atoms with Gasteiger partial charge in [0.05, 0.1) is 13.2 Å². The van der Waals surface area contributed by atoms with E-state index >= 15 is 0 Å². The van der Waals surface area contributed by atoms with Gasteiger partial charge in [0.1, 0.15) is 12.1 Å². The molecule has 98 valence electrons. The average Bonchev–Trinajstić information content (AvgIpc) is 2.90. The molecule has 0 radical (unpaired) electrons. The van der Waals surface area contributed by atoms with Gasteiger partial charge in [-0.2, -0.15) is 0 Å². The van der Waals surface area contributed by atoms with Gasteiger partial charge in [0.15, 0.2) is 5.11 Å². The summed E-state index contributed by atoms with van der Waals surface area (Å²) >= 11 is 5.17. The minimum atomic E-state index is 0.254. The first-order valence-electron chi connectivity index (χ1n) is 5.80. The van der Waals surface area contributed by atoms with Gasteiger partial charge in [-0.25, -0.2) is 9.97 Å². The monoisotopic (exact) mass is 268 g/mol. The number of nitrogens with one attached hydrogen (secondary N) is 2. The van der Waals surface area contributed by atoms with Gasteiger partial charge in [-0.15, -0.1) is 0 Å². The Labute approximate surface area is 111 Å². The van der Waals surface area contributed by atoms with Gasteiger partial charge < -0.3 is 20.1 Å².